The van der Waals surface area contributed by atoms with Gasteiger partial charge in [-0.1, -0.05) is 44.9 Å². The van der Waals surface area contributed by atoms with Crippen LogP contribution in [0.5, 0.6) is 0 Å². The molecule has 0 aromatic carbocycles. The molecule has 1 aliphatic carbocycles. The Morgan fingerprint density at radius 3 is 2.59 bits per heavy atom. The topological polar surface area (TPSA) is 102 Å². The van der Waals surface area contributed by atoms with Crippen molar-refractivity contribution in [3.05, 3.63) is 58.7 Å². The van der Waals surface area contributed by atoms with Gasteiger partial charge in [0.05, 0.1) is 17.2 Å². The van der Waals surface area contributed by atoms with Crippen LogP contribution < -0.4 is 10.6 Å². The molecular weight excluding hydrogens is 492 g/mol. The maximum atomic E-state index is 13.6. The molecule has 2 aliphatic heterocycles. The number of likely N-dealkylation sites (N-methyl/N-ethyl adjacent to an activating group) is 1. The highest BCUT2D eigenvalue weighted by molar-refractivity contribution is 6.23. The number of allylic oxidation sites excluding steroid dienone is 7. The molecule has 1 amide bonds. The molecule has 8 nitrogen and oxygen atoms in total. The zero-order chi connectivity index (χ0) is 28.4. The molecule has 3 aliphatic rings. The van der Waals surface area contributed by atoms with E-state index in [4.69, 9.17) is 0 Å². The van der Waals surface area contributed by atoms with Gasteiger partial charge < -0.3 is 20.6 Å². The Bertz CT molecular complexity index is 1060. The first-order valence-electron chi connectivity index (χ1n) is 14.4. The summed E-state index contributed by atoms with van der Waals surface area (Å²) in [4.78, 5) is 44.3. The molecule has 8 heteroatoms. The van der Waals surface area contributed by atoms with E-state index in [1.54, 1.807) is 19.1 Å². The second-order valence-corrected chi connectivity index (χ2v) is 11.3. The third-order valence-corrected chi connectivity index (χ3v) is 7.71. The van der Waals surface area contributed by atoms with Crippen LogP contribution in [-0.2, 0) is 14.4 Å². The number of carbonyl (C=O) groups is 3. The van der Waals surface area contributed by atoms with E-state index in [9.17, 15) is 19.5 Å². The molecule has 0 saturated carbocycles. The van der Waals surface area contributed by atoms with Crippen molar-refractivity contribution in [3.63, 3.8) is 0 Å². The molecule has 0 spiro atoms. The quantitative estimate of drug-likeness (QED) is 0.468. The highest BCUT2D eigenvalue weighted by atomic mass is 16.3. The Morgan fingerprint density at radius 1 is 1.10 bits per heavy atom. The lowest BCUT2D eigenvalue weighted by Gasteiger charge is -2.32. The lowest BCUT2D eigenvalue weighted by atomic mass is 9.87. The second kappa shape index (κ2) is 15.0. The minimum Gasteiger partial charge on any atom is -0.513 e. The number of rotatable bonds is 4. The SMILES string of the molecule is C/C1=C\C=C/CC/C(O)=C/C(C)CCCC(C)CC2=C(NCCN3CCN(C)CC3)C(=O)C=C(NC1=O)C2=O. The van der Waals surface area contributed by atoms with E-state index in [1.807, 2.05) is 12.2 Å². The zero-order valence-corrected chi connectivity index (χ0v) is 24.1. The van der Waals surface area contributed by atoms with Gasteiger partial charge in [0.1, 0.15) is 0 Å². The number of aliphatic hydroxyl groups is 1. The van der Waals surface area contributed by atoms with Crippen molar-refractivity contribution in [2.45, 2.75) is 59.3 Å². The fourth-order valence-electron chi connectivity index (χ4n) is 5.16. The molecule has 2 bridgehead atoms. The van der Waals surface area contributed by atoms with Crippen LogP contribution in [0.1, 0.15) is 59.3 Å². The number of ketones is 2. The summed E-state index contributed by atoms with van der Waals surface area (Å²) in [5.74, 6) is -0.157. The normalized spacial score (nSPS) is 29.1. The highest BCUT2D eigenvalue weighted by Crippen LogP contribution is 2.27. The Balaban J connectivity index is 1.79. The summed E-state index contributed by atoms with van der Waals surface area (Å²) in [6.07, 6.45) is 13.0. The summed E-state index contributed by atoms with van der Waals surface area (Å²) in [5, 5.41) is 16.2. The van der Waals surface area contributed by atoms with E-state index < -0.39 is 5.91 Å². The number of nitrogens with one attached hydrogen (secondary N) is 2. The van der Waals surface area contributed by atoms with Crippen LogP contribution in [0.4, 0.5) is 0 Å². The number of carbonyl (C=O) groups excluding carboxylic acids is 3. The average Bonchev–Trinajstić information content (AvgIpc) is 2.88. The molecule has 1 saturated heterocycles. The van der Waals surface area contributed by atoms with Crippen LogP contribution in [0.2, 0.25) is 0 Å². The predicted octanol–water partition coefficient (Wildman–Crippen LogP) is 3.80. The van der Waals surface area contributed by atoms with Crippen LogP contribution in [0.15, 0.2) is 58.7 Å². The second-order valence-electron chi connectivity index (χ2n) is 11.3. The van der Waals surface area contributed by atoms with Crippen molar-refractivity contribution in [1.29, 1.82) is 0 Å². The number of fused-ring (bicyclic) bond motifs is 2. The minimum absolute atomic E-state index is 0.0363. The lowest BCUT2D eigenvalue weighted by Crippen LogP contribution is -2.46. The smallest absolute Gasteiger partial charge is 0.251 e. The van der Waals surface area contributed by atoms with Crippen LogP contribution in [0.25, 0.3) is 0 Å². The zero-order valence-electron chi connectivity index (χ0n) is 24.1. The van der Waals surface area contributed by atoms with E-state index in [0.717, 1.165) is 52.0 Å². The van der Waals surface area contributed by atoms with Gasteiger partial charge in [-0.15, -0.1) is 0 Å². The molecule has 0 aromatic rings. The molecule has 0 radical (unpaired) electrons. The summed E-state index contributed by atoms with van der Waals surface area (Å²) in [5.41, 5.74) is 1.28. The van der Waals surface area contributed by atoms with Crippen molar-refractivity contribution in [2.24, 2.45) is 11.8 Å². The molecule has 2 heterocycles. The number of amides is 1. The van der Waals surface area contributed by atoms with Gasteiger partial charge in [0, 0.05) is 62.9 Å². The largest absolute Gasteiger partial charge is 0.513 e. The van der Waals surface area contributed by atoms with Gasteiger partial charge >= 0.3 is 0 Å². The van der Waals surface area contributed by atoms with Gasteiger partial charge in [-0.2, -0.15) is 0 Å². The number of Topliss-reactive ketones (excluding diaryl/α,β-unsaturated/α-hetero) is 1. The van der Waals surface area contributed by atoms with Crippen molar-refractivity contribution < 1.29 is 19.5 Å². The predicted molar refractivity (Wildman–Crippen MR) is 155 cm³/mol. The molecule has 2 unspecified atom stereocenters. The monoisotopic (exact) mass is 538 g/mol. The van der Waals surface area contributed by atoms with Crippen molar-refractivity contribution in [1.82, 2.24) is 20.4 Å². The Labute approximate surface area is 233 Å². The molecule has 39 heavy (non-hydrogen) atoms. The average molecular weight is 539 g/mol. The van der Waals surface area contributed by atoms with Crippen LogP contribution in [0, 0.1) is 11.8 Å². The molecule has 0 aromatic heterocycles. The van der Waals surface area contributed by atoms with E-state index >= 15 is 0 Å². The summed E-state index contributed by atoms with van der Waals surface area (Å²) < 4.78 is 0. The van der Waals surface area contributed by atoms with Crippen molar-refractivity contribution >= 4 is 17.5 Å². The van der Waals surface area contributed by atoms with Gasteiger partial charge in [-0.05, 0) is 51.1 Å². The summed E-state index contributed by atoms with van der Waals surface area (Å²) >= 11 is 0. The van der Waals surface area contributed by atoms with Crippen molar-refractivity contribution in [3.8, 4) is 0 Å². The lowest BCUT2D eigenvalue weighted by molar-refractivity contribution is -0.120. The van der Waals surface area contributed by atoms with Gasteiger partial charge in [0.15, 0.2) is 0 Å². The van der Waals surface area contributed by atoms with Gasteiger partial charge in [-0.25, -0.2) is 0 Å². The number of hydrogen-bond donors (Lipinski definition) is 3. The van der Waals surface area contributed by atoms with Crippen LogP contribution in [0.3, 0.4) is 0 Å². The minimum atomic E-state index is -0.416. The molecular formula is C31H46N4O4. The van der Waals surface area contributed by atoms with E-state index in [-0.39, 0.29) is 29.1 Å². The Morgan fingerprint density at radius 2 is 1.85 bits per heavy atom. The molecule has 214 valence electrons. The van der Waals surface area contributed by atoms with E-state index in [2.05, 4.69) is 41.3 Å². The van der Waals surface area contributed by atoms with E-state index in [0.29, 0.717) is 48.4 Å². The van der Waals surface area contributed by atoms with Crippen LogP contribution >= 0.6 is 0 Å². The third kappa shape index (κ3) is 9.62. The van der Waals surface area contributed by atoms with Gasteiger partial charge in [-0.3, -0.25) is 19.3 Å². The molecule has 1 fully saturated rings. The number of hydrogen-bond acceptors (Lipinski definition) is 7. The summed E-state index contributed by atoms with van der Waals surface area (Å²) in [6.45, 7) is 11.3. The summed E-state index contributed by atoms with van der Waals surface area (Å²) in [7, 11) is 2.12. The number of aliphatic hydroxyl groups excluding tert-OH is 1. The highest BCUT2D eigenvalue weighted by Gasteiger charge is 2.30. The number of piperazine rings is 1. The molecule has 3 rings (SSSR count). The fourth-order valence-corrected chi connectivity index (χ4v) is 5.16. The maximum absolute atomic E-state index is 13.6. The number of nitrogens with zero attached hydrogens (tertiary/aromatic N) is 2. The Kier molecular flexibility index (Phi) is 11.7. The molecule has 3 N–H and O–H groups in total. The first kappa shape index (κ1) is 30.6. The maximum Gasteiger partial charge on any atom is 0.251 e. The van der Waals surface area contributed by atoms with E-state index in [1.165, 1.54) is 6.08 Å². The van der Waals surface area contributed by atoms with Crippen molar-refractivity contribution in [2.75, 3.05) is 46.3 Å². The summed E-state index contributed by atoms with van der Waals surface area (Å²) in [6, 6.07) is 0. The Hall–Kier alpha value is -2.97. The first-order valence-corrected chi connectivity index (χ1v) is 14.4. The standard InChI is InChI=1S/C31H46N4O4/c1-22-9-8-10-23(2)20-26-29(32-13-14-35-17-15-34(4)16-18-35)28(37)21-27(30(26)38)33-31(39)24(3)11-6-5-7-12-25(36)19-22/h5-6,11,19,21-23,32,36H,7-10,12-18,20H2,1-4H3,(H,33,39)/b6-5-,24-11+,25-19-. The van der Waals surface area contributed by atoms with Gasteiger partial charge in [0.25, 0.3) is 5.91 Å². The third-order valence-electron chi connectivity index (χ3n) is 7.71. The fraction of sp³-hybridized carbons (Fsp3) is 0.581. The van der Waals surface area contributed by atoms with Crippen LogP contribution in [-0.4, -0.2) is 78.7 Å². The first-order chi connectivity index (χ1) is 18.6. The molecule has 2 atom stereocenters. The van der Waals surface area contributed by atoms with Gasteiger partial charge in [0.2, 0.25) is 11.6 Å².